The number of aromatic nitrogens is 1. The van der Waals surface area contributed by atoms with Crippen molar-refractivity contribution < 1.29 is 19.1 Å². The average molecular weight is 405 g/mol. The number of rotatable bonds is 4. The lowest BCUT2D eigenvalue weighted by Crippen LogP contribution is -2.31. The molecule has 1 aliphatic rings. The predicted molar refractivity (Wildman–Crippen MR) is 94.6 cm³/mol. The first-order valence-electron chi connectivity index (χ1n) is 7.87. The van der Waals surface area contributed by atoms with E-state index in [1.807, 2.05) is 6.07 Å². The van der Waals surface area contributed by atoms with E-state index in [0.29, 0.717) is 30.3 Å². The van der Waals surface area contributed by atoms with Gasteiger partial charge < -0.3 is 14.4 Å². The number of likely N-dealkylation sites (tertiary alicyclic amines) is 1. The number of benzene rings is 1. The molecule has 3 rings (SSSR count). The van der Waals surface area contributed by atoms with Crippen LogP contribution in [0.15, 0.2) is 47.1 Å². The minimum absolute atomic E-state index is 0.0655. The zero-order chi connectivity index (χ0) is 17.8. The molecule has 0 bridgehead atoms. The minimum atomic E-state index is -0.389. The van der Waals surface area contributed by atoms with Crippen molar-refractivity contribution in [3.05, 3.63) is 52.6 Å². The highest BCUT2D eigenvalue weighted by atomic mass is 79.9. The summed E-state index contributed by atoms with van der Waals surface area (Å²) in [6, 6.07) is 10.2. The minimum Gasteiger partial charge on any atom is -0.472 e. The molecule has 1 atom stereocenters. The van der Waals surface area contributed by atoms with E-state index < -0.39 is 0 Å². The summed E-state index contributed by atoms with van der Waals surface area (Å²) in [5, 5.41) is 0. The summed E-state index contributed by atoms with van der Waals surface area (Å²) >= 11 is 3.33. The fourth-order valence-corrected chi connectivity index (χ4v) is 2.86. The highest BCUT2D eigenvalue weighted by Crippen LogP contribution is 2.21. The Balaban J connectivity index is 1.58. The van der Waals surface area contributed by atoms with E-state index in [9.17, 15) is 9.59 Å². The van der Waals surface area contributed by atoms with Gasteiger partial charge in [-0.05, 0) is 46.3 Å². The molecule has 1 amide bonds. The van der Waals surface area contributed by atoms with Gasteiger partial charge in [0.2, 0.25) is 5.88 Å². The lowest BCUT2D eigenvalue weighted by atomic mass is 10.2. The number of hydrogen-bond donors (Lipinski definition) is 0. The molecule has 6 nitrogen and oxygen atoms in total. The molecule has 0 radical (unpaired) electrons. The lowest BCUT2D eigenvalue weighted by Gasteiger charge is -2.17. The Hall–Kier alpha value is -2.41. The fourth-order valence-electron chi connectivity index (χ4n) is 2.63. The fraction of sp³-hybridized carbons (Fsp3) is 0.278. The van der Waals surface area contributed by atoms with Crippen LogP contribution in [0.4, 0.5) is 0 Å². The predicted octanol–water partition coefficient (Wildman–Crippen LogP) is 3.06. The Kier molecular flexibility index (Phi) is 5.33. The quantitative estimate of drug-likeness (QED) is 0.578. The van der Waals surface area contributed by atoms with Crippen LogP contribution in [0.2, 0.25) is 0 Å². The van der Waals surface area contributed by atoms with Gasteiger partial charge >= 0.3 is 5.97 Å². The van der Waals surface area contributed by atoms with Crippen molar-refractivity contribution in [3.63, 3.8) is 0 Å². The van der Waals surface area contributed by atoms with E-state index >= 15 is 0 Å². The molecule has 1 unspecified atom stereocenters. The van der Waals surface area contributed by atoms with Crippen LogP contribution in [0.1, 0.15) is 23.7 Å². The molecule has 0 aliphatic carbocycles. The Bertz CT molecular complexity index is 762. The number of esters is 1. The van der Waals surface area contributed by atoms with Crippen molar-refractivity contribution >= 4 is 27.8 Å². The molecule has 2 heterocycles. The summed E-state index contributed by atoms with van der Waals surface area (Å²) in [5.74, 6) is 0.519. The number of halogens is 1. The van der Waals surface area contributed by atoms with Gasteiger partial charge in [-0.2, -0.15) is 0 Å². The summed E-state index contributed by atoms with van der Waals surface area (Å²) in [4.78, 5) is 29.4. The van der Waals surface area contributed by atoms with Gasteiger partial charge in [0.25, 0.3) is 5.91 Å². The third-order valence-electron chi connectivity index (χ3n) is 3.78. The number of carbonyl (C=O) groups excluding carboxylic acids is 2. The van der Waals surface area contributed by atoms with Gasteiger partial charge in [0, 0.05) is 42.2 Å². The molecule has 0 spiro atoms. The first-order valence-corrected chi connectivity index (χ1v) is 8.66. The maximum absolute atomic E-state index is 12.6. The van der Waals surface area contributed by atoms with E-state index in [-0.39, 0.29) is 18.0 Å². The van der Waals surface area contributed by atoms with Crippen molar-refractivity contribution in [2.45, 2.75) is 19.4 Å². The smallest absolute Gasteiger partial charge is 0.308 e. The number of pyridine rings is 1. The second-order valence-corrected chi connectivity index (χ2v) is 6.63. The van der Waals surface area contributed by atoms with E-state index in [4.69, 9.17) is 9.47 Å². The molecule has 0 N–H and O–H groups in total. The van der Waals surface area contributed by atoms with Crippen LogP contribution >= 0.6 is 15.9 Å². The van der Waals surface area contributed by atoms with Gasteiger partial charge in [-0.3, -0.25) is 9.59 Å². The second-order valence-electron chi connectivity index (χ2n) is 5.71. The zero-order valence-corrected chi connectivity index (χ0v) is 15.2. The number of hydrogen-bond acceptors (Lipinski definition) is 5. The van der Waals surface area contributed by atoms with Gasteiger partial charge in [-0.15, -0.1) is 0 Å². The SMILES string of the molecule is CC(=O)Oc1ccc(C(=O)N2CCC(Oc3ccc(Br)cn3)C2)cc1. The van der Waals surface area contributed by atoms with Crippen LogP contribution in [0, 0.1) is 0 Å². The molecule has 1 aromatic heterocycles. The van der Waals surface area contributed by atoms with Gasteiger partial charge in [0.05, 0.1) is 6.54 Å². The number of nitrogens with zero attached hydrogens (tertiary/aromatic N) is 2. The van der Waals surface area contributed by atoms with E-state index in [1.54, 1.807) is 41.4 Å². The molecule has 1 aliphatic heterocycles. The van der Waals surface area contributed by atoms with Gasteiger partial charge in [0.15, 0.2) is 0 Å². The number of ether oxygens (including phenoxy) is 2. The van der Waals surface area contributed by atoms with Gasteiger partial charge in [-0.1, -0.05) is 0 Å². The Morgan fingerprint density at radius 3 is 2.60 bits per heavy atom. The summed E-state index contributed by atoms with van der Waals surface area (Å²) in [6.07, 6.45) is 2.37. The second kappa shape index (κ2) is 7.65. The topological polar surface area (TPSA) is 68.7 Å². The summed E-state index contributed by atoms with van der Waals surface area (Å²) in [6.45, 7) is 2.48. The van der Waals surface area contributed by atoms with Crippen LogP contribution < -0.4 is 9.47 Å². The lowest BCUT2D eigenvalue weighted by molar-refractivity contribution is -0.131. The molecule has 1 fully saturated rings. The zero-order valence-electron chi connectivity index (χ0n) is 13.6. The van der Waals surface area contributed by atoms with Crippen LogP contribution in [-0.4, -0.2) is 41.0 Å². The molecule has 7 heteroatoms. The van der Waals surface area contributed by atoms with Crippen LogP contribution in [-0.2, 0) is 4.79 Å². The van der Waals surface area contributed by atoms with Crippen molar-refractivity contribution in [2.24, 2.45) is 0 Å². The molecule has 1 saturated heterocycles. The molecule has 25 heavy (non-hydrogen) atoms. The van der Waals surface area contributed by atoms with E-state index in [0.717, 1.165) is 10.9 Å². The maximum atomic E-state index is 12.6. The van der Waals surface area contributed by atoms with E-state index in [2.05, 4.69) is 20.9 Å². The van der Waals surface area contributed by atoms with Crippen molar-refractivity contribution in [1.29, 1.82) is 0 Å². The first kappa shape index (κ1) is 17.4. The molecule has 130 valence electrons. The first-order chi connectivity index (χ1) is 12.0. The van der Waals surface area contributed by atoms with Crippen LogP contribution in [0.3, 0.4) is 0 Å². The molecule has 1 aromatic carbocycles. The summed E-state index contributed by atoms with van der Waals surface area (Å²) < 4.78 is 11.7. The Morgan fingerprint density at radius 2 is 1.96 bits per heavy atom. The number of carbonyl (C=O) groups is 2. The van der Waals surface area contributed by atoms with Crippen molar-refractivity contribution in [2.75, 3.05) is 13.1 Å². The average Bonchev–Trinajstić information content (AvgIpc) is 3.05. The Morgan fingerprint density at radius 1 is 1.20 bits per heavy atom. The summed E-state index contributed by atoms with van der Waals surface area (Å²) in [7, 11) is 0. The molecular formula is C18H17BrN2O4. The highest BCUT2D eigenvalue weighted by Gasteiger charge is 2.28. The standard InChI is InChI=1S/C18H17BrN2O4/c1-12(22)24-15-5-2-13(3-6-15)18(23)21-9-8-16(11-21)25-17-7-4-14(19)10-20-17/h2-7,10,16H,8-9,11H2,1H3. The Labute approximate surface area is 153 Å². The van der Waals surface area contributed by atoms with E-state index in [1.165, 1.54) is 6.92 Å². The van der Waals surface area contributed by atoms with Gasteiger partial charge in [-0.25, -0.2) is 4.98 Å². The number of amides is 1. The van der Waals surface area contributed by atoms with Crippen LogP contribution in [0.25, 0.3) is 0 Å². The highest BCUT2D eigenvalue weighted by molar-refractivity contribution is 9.10. The molecule has 0 saturated carbocycles. The third-order valence-corrected chi connectivity index (χ3v) is 4.25. The summed E-state index contributed by atoms with van der Waals surface area (Å²) in [5.41, 5.74) is 0.554. The molecule has 2 aromatic rings. The largest absolute Gasteiger partial charge is 0.472 e. The maximum Gasteiger partial charge on any atom is 0.308 e. The monoisotopic (exact) mass is 404 g/mol. The van der Waals surface area contributed by atoms with Crippen LogP contribution in [0.5, 0.6) is 11.6 Å². The normalized spacial score (nSPS) is 16.6. The van der Waals surface area contributed by atoms with Gasteiger partial charge in [0.1, 0.15) is 11.9 Å². The van der Waals surface area contributed by atoms with Crippen molar-refractivity contribution in [3.8, 4) is 11.6 Å². The van der Waals surface area contributed by atoms with Crippen molar-refractivity contribution in [1.82, 2.24) is 9.88 Å². The molecular weight excluding hydrogens is 388 g/mol. The third kappa shape index (κ3) is 4.57.